The van der Waals surface area contributed by atoms with Gasteiger partial charge in [-0.15, -0.1) is 0 Å². The molecule has 2 N–H and O–H groups in total. The van der Waals surface area contributed by atoms with E-state index in [4.69, 9.17) is 4.74 Å². The molecule has 6 nitrogen and oxygen atoms in total. The Hall–Kier alpha value is -0.920. The fraction of sp³-hybridized carbons (Fsp3) is 0.667. The summed E-state index contributed by atoms with van der Waals surface area (Å²) in [6, 6.07) is 0.480. The number of ether oxygens (including phenoxy) is 1. The van der Waals surface area contributed by atoms with Crippen molar-refractivity contribution in [2.24, 2.45) is 11.8 Å². The first-order valence-electron chi connectivity index (χ1n) is 6.44. The van der Waals surface area contributed by atoms with E-state index < -0.39 is 0 Å². The molecule has 0 aromatic carbocycles. The third kappa shape index (κ3) is 2.42. The van der Waals surface area contributed by atoms with Crippen LogP contribution in [0.4, 0.5) is 5.69 Å². The fourth-order valence-corrected chi connectivity index (χ4v) is 3.14. The molecule has 2 heterocycles. The highest BCUT2D eigenvalue weighted by molar-refractivity contribution is 9.10. The second kappa shape index (κ2) is 5.22. The highest BCUT2D eigenvalue weighted by atomic mass is 79.9. The lowest BCUT2D eigenvalue weighted by Gasteiger charge is -2.11. The number of halogens is 1. The van der Waals surface area contributed by atoms with Crippen molar-refractivity contribution in [1.29, 1.82) is 0 Å². The van der Waals surface area contributed by atoms with Gasteiger partial charge in [0.1, 0.15) is 4.47 Å². The number of anilines is 1. The Labute approximate surface area is 119 Å². The molecule has 0 amide bonds. The number of methoxy groups -OCH3 is 1. The van der Waals surface area contributed by atoms with E-state index in [-0.39, 0.29) is 5.56 Å². The fourth-order valence-electron chi connectivity index (χ4n) is 2.71. The van der Waals surface area contributed by atoms with E-state index in [2.05, 4.69) is 31.7 Å². The van der Waals surface area contributed by atoms with E-state index in [1.165, 1.54) is 4.68 Å². The van der Waals surface area contributed by atoms with E-state index in [9.17, 15) is 4.79 Å². The van der Waals surface area contributed by atoms with Crippen LogP contribution >= 0.6 is 15.9 Å². The van der Waals surface area contributed by atoms with Crippen LogP contribution in [-0.4, -0.2) is 42.6 Å². The van der Waals surface area contributed by atoms with Crippen LogP contribution in [-0.2, 0) is 11.3 Å². The Bertz CT molecular complexity index is 523. The van der Waals surface area contributed by atoms with Crippen LogP contribution in [0.5, 0.6) is 0 Å². The molecule has 2 aliphatic rings. The summed E-state index contributed by atoms with van der Waals surface area (Å²) in [6.07, 6.45) is 1.71. The molecule has 19 heavy (non-hydrogen) atoms. The molecule has 104 valence electrons. The molecule has 0 bridgehead atoms. The Morgan fingerprint density at radius 1 is 1.58 bits per heavy atom. The van der Waals surface area contributed by atoms with Crippen molar-refractivity contribution < 1.29 is 4.74 Å². The standard InChI is InChI=1S/C12H17BrN4O2/c1-19-3-2-17-12(18)10(13)9(6-15-17)16-11-7-4-14-5-8(7)11/h6-8,11,14,16H,2-5H2,1H3. The Morgan fingerprint density at radius 2 is 2.32 bits per heavy atom. The van der Waals surface area contributed by atoms with Gasteiger partial charge in [0.2, 0.25) is 0 Å². The number of nitrogens with one attached hydrogen (secondary N) is 2. The summed E-state index contributed by atoms with van der Waals surface area (Å²) in [5.41, 5.74) is 0.670. The summed E-state index contributed by atoms with van der Waals surface area (Å²) in [5, 5.41) is 10.9. The molecule has 3 rings (SSSR count). The van der Waals surface area contributed by atoms with Crippen LogP contribution in [0, 0.1) is 11.8 Å². The second-order valence-corrected chi connectivity index (χ2v) is 5.84. The maximum Gasteiger partial charge on any atom is 0.283 e. The van der Waals surface area contributed by atoms with Gasteiger partial charge >= 0.3 is 0 Å². The lowest BCUT2D eigenvalue weighted by Crippen LogP contribution is -2.27. The monoisotopic (exact) mass is 328 g/mol. The molecule has 2 atom stereocenters. The lowest BCUT2D eigenvalue weighted by molar-refractivity contribution is 0.181. The molecule has 1 aliphatic carbocycles. The van der Waals surface area contributed by atoms with Gasteiger partial charge < -0.3 is 15.4 Å². The summed E-state index contributed by atoms with van der Waals surface area (Å²) < 4.78 is 6.92. The number of rotatable bonds is 5. The first-order chi connectivity index (χ1) is 9.22. The lowest BCUT2D eigenvalue weighted by atomic mass is 10.4. The summed E-state index contributed by atoms with van der Waals surface area (Å²) in [4.78, 5) is 12.1. The van der Waals surface area contributed by atoms with Gasteiger partial charge in [0.25, 0.3) is 5.56 Å². The van der Waals surface area contributed by atoms with Gasteiger partial charge in [0, 0.05) is 26.2 Å². The van der Waals surface area contributed by atoms with Crippen LogP contribution in [0.1, 0.15) is 0 Å². The summed E-state index contributed by atoms with van der Waals surface area (Å²) in [7, 11) is 1.61. The molecular weight excluding hydrogens is 312 g/mol. The quantitative estimate of drug-likeness (QED) is 0.812. The molecule has 1 aliphatic heterocycles. The van der Waals surface area contributed by atoms with Gasteiger partial charge in [-0.2, -0.15) is 5.10 Å². The predicted molar refractivity (Wildman–Crippen MR) is 75.3 cm³/mol. The molecule has 0 radical (unpaired) electrons. The Kier molecular flexibility index (Phi) is 3.60. The summed E-state index contributed by atoms with van der Waals surface area (Å²) >= 11 is 3.37. The van der Waals surface area contributed by atoms with Gasteiger partial charge in [0.15, 0.2) is 0 Å². The maximum absolute atomic E-state index is 12.1. The molecule has 1 aromatic rings. The minimum atomic E-state index is -0.119. The van der Waals surface area contributed by atoms with Crippen molar-refractivity contribution in [3.8, 4) is 0 Å². The first kappa shape index (κ1) is 13.1. The Morgan fingerprint density at radius 3 is 3.00 bits per heavy atom. The smallest absolute Gasteiger partial charge is 0.283 e. The molecule has 0 spiro atoms. The number of piperidine rings is 1. The van der Waals surface area contributed by atoms with Gasteiger partial charge in [-0.25, -0.2) is 4.68 Å². The third-order valence-electron chi connectivity index (χ3n) is 3.91. The first-order valence-corrected chi connectivity index (χ1v) is 7.23. The van der Waals surface area contributed by atoms with E-state index in [1.54, 1.807) is 13.3 Å². The zero-order valence-corrected chi connectivity index (χ0v) is 12.3. The van der Waals surface area contributed by atoms with E-state index in [1.807, 2.05) is 0 Å². The summed E-state index contributed by atoms with van der Waals surface area (Å²) in [5.74, 6) is 1.39. The highest BCUT2D eigenvalue weighted by Gasteiger charge is 2.53. The number of fused-ring (bicyclic) bond motifs is 1. The van der Waals surface area contributed by atoms with Crippen molar-refractivity contribution >= 4 is 21.6 Å². The zero-order valence-electron chi connectivity index (χ0n) is 10.7. The normalized spacial score (nSPS) is 28.2. The molecule has 1 aromatic heterocycles. The largest absolute Gasteiger partial charge is 0.383 e. The van der Waals surface area contributed by atoms with Crippen molar-refractivity contribution in [2.45, 2.75) is 12.6 Å². The molecule has 2 fully saturated rings. The minimum Gasteiger partial charge on any atom is -0.383 e. The van der Waals surface area contributed by atoms with Crippen LogP contribution in [0.3, 0.4) is 0 Å². The summed E-state index contributed by atoms with van der Waals surface area (Å²) in [6.45, 7) is 3.08. The van der Waals surface area contributed by atoms with Crippen molar-refractivity contribution in [2.75, 3.05) is 32.1 Å². The average molecular weight is 329 g/mol. The molecule has 1 saturated heterocycles. The maximum atomic E-state index is 12.1. The van der Waals surface area contributed by atoms with Gasteiger partial charge in [-0.1, -0.05) is 0 Å². The highest BCUT2D eigenvalue weighted by Crippen LogP contribution is 2.44. The van der Waals surface area contributed by atoms with Crippen molar-refractivity contribution in [1.82, 2.24) is 15.1 Å². The second-order valence-electron chi connectivity index (χ2n) is 5.05. The molecule has 2 unspecified atom stereocenters. The van der Waals surface area contributed by atoms with Crippen LogP contribution < -0.4 is 16.2 Å². The number of aromatic nitrogens is 2. The van der Waals surface area contributed by atoms with Crippen molar-refractivity contribution in [3.63, 3.8) is 0 Å². The molecule has 7 heteroatoms. The van der Waals surface area contributed by atoms with Gasteiger partial charge in [-0.3, -0.25) is 4.79 Å². The van der Waals surface area contributed by atoms with Crippen LogP contribution in [0.2, 0.25) is 0 Å². The number of nitrogens with zero attached hydrogens (tertiary/aromatic N) is 2. The number of hydrogen-bond donors (Lipinski definition) is 2. The topological polar surface area (TPSA) is 68.2 Å². The van der Waals surface area contributed by atoms with Crippen LogP contribution in [0.25, 0.3) is 0 Å². The predicted octanol–water partition coefficient (Wildman–Crippen LogP) is 0.282. The third-order valence-corrected chi connectivity index (χ3v) is 4.67. The average Bonchev–Trinajstić information content (AvgIpc) is 2.86. The SMILES string of the molecule is COCCn1ncc(NC2C3CNCC32)c(Br)c1=O. The van der Waals surface area contributed by atoms with Gasteiger partial charge in [-0.05, 0) is 27.8 Å². The van der Waals surface area contributed by atoms with Crippen molar-refractivity contribution in [3.05, 3.63) is 21.0 Å². The van der Waals surface area contributed by atoms with Gasteiger partial charge in [0.05, 0.1) is 25.0 Å². The van der Waals surface area contributed by atoms with E-state index in [0.717, 1.165) is 18.8 Å². The number of hydrogen-bond acceptors (Lipinski definition) is 5. The zero-order chi connectivity index (χ0) is 13.4. The molecular formula is C12H17BrN4O2. The van der Waals surface area contributed by atoms with E-state index in [0.29, 0.717) is 35.5 Å². The molecule has 1 saturated carbocycles. The Balaban J connectivity index is 1.72. The minimum absolute atomic E-state index is 0.119. The van der Waals surface area contributed by atoms with Crippen LogP contribution in [0.15, 0.2) is 15.5 Å². The van der Waals surface area contributed by atoms with E-state index >= 15 is 0 Å².